The normalized spacial score (nSPS) is 21.1. The first-order chi connectivity index (χ1) is 13.1. The van der Waals surface area contributed by atoms with Gasteiger partial charge in [-0.3, -0.25) is 0 Å². The molecular formula is C22H22F3NO2. The molecule has 1 aromatic heterocycles. The molecule has 1 N–H and O–H groups in total. The number of aromatic hydroxyl groups is 1. The van der Waals surface area contributed by atoms with Gasteiger partial charge in [0, 0.05) is 39.9 Å². The Balaban J connectivity index is 2.23. The van der Waals surface area contributed by atoms with Gasteiger partial charge in [-0.2, -0.15) is 0 Å². The van der Waals surface area contributed by atoms with Gasteiger partial charge in [0.05, 0.1) is 17.7 Å². The smallest absolute Gasteiger partial charge is 0.160 e. The molecule has 0 aliphatic carbocycles. The van der Waals surface area contributed by atoms with Crippen LogP contribution in [-0.4, -0.2) is 16.3 Å². The summed E-state index contributed by atoms with van der Waals surface area (Å²) in [5, 5.41) is 11.1. The topological polar surface area (TPSA) is 34.4 Å². The van der Waals surface area contributed by atoms with Crippen molar-refractivity contribution in [3.8, 4) is 11.4 Å². The minimum absolute atomic E-state index is 0.200. The number of ether oxygens (including phenoxy) is 1. The van der Waals surface area contributed by atoms with Crippen LogP contribution in [0.1, 0.15) is 45.4 Å². The summed E-state index contributed by atoms with van der Waals surface area (Å²) in [4.78, 5) is 0. The number of aromatic nitrogens is 1. The van der Waals surface area contributed by atoms with Gasteiger partial charge in [-0.05, 0) is 31.5 Å². The van der Waals surface area contributed by atoms with E-state index in [0.29, 0.717) is 29.6 Å². The molecule has 1 aliphatic rings. The molecular weight excluding hydrogens is 367 g/mol. The van der Waals surface area contributed by atoms with Crippen molar-refractivity contribution in [1.82, 2.24) is 4.57 Å². The standard InChI is InChI=1S/C22H22F3NO2/c1-5-22(4)19-18-16(8-12(23)9-17(18)27)26(20(19)21(2,3)11-28-22)13-6-7-14(24)15(25)10-13/h6-10,27H,5,11H2,1-4H3. The highest BCUT2D eigenvalue weighted by atomic mass is 19.2. The third-order valence-electron chi connectivity index (χ3n) is 5.77. The molecule has 0 saturated heterocycles. The number of phenolic OH excluding ortho intramolecular Hbond substituents is 1. The summed E-state index contributed by atoms with van der Waals surface area (Å²) in [5.41, 5.74) is 1.10. The number of hydrogen-bond acceptors (Lipinski definition) is 2. The quantitative estimate of drug-likeness (QED) is 0.611. The second-order valence-corrected chi connectivity index (χ2v) is 8.23. The Hall–Kier alpha value is -2.47. The lowest BCUT2D eigenvalue weighted by Crippen LogP contribution is -2.42. The average molecular weight is 389 g/mol. The van der Waals surface area contributed by atoms with E-state index in [9.17, 15) is 18.3 Å². The van der Waals surface area contributed by atoms with Crippen LogP contribution in [0.4, 0.5) is 13.2 Å². The molecule has 2 heterocycles. The Bertz CT molecular complexity index is 1100. The van der Waals surface area contributed by atoms with Crippen LogP contribution in [-0.2, 0) is 15.8 Å². The molecule has 1 unspecified atom stereocenters. The number of fused-ring (bicyclic) bond motifs is 3. The Morgan fingerprint density at radius 2 is 1.79 bits per heavy atom. The molecule has 0 amide bonds. The Labute approximate surface area is 161 Å². The fraction of sp³-hybridized carbons (Fsp3) is 0.364. The zero-order valence-electron chi connectivity index (χ0n) is 16.2. The van der Waals surface area contributed by atoms with Crippen LogP contribution >= 0.6 is 0 Å². The van der Waals surface area contributed by atoms with E-state index in [1.54, 1.807) is 4.57 Å². The van der Waals surface area contributed by atoms with Crippen molar-refractivity contribution in [2.24, 2.45) is 0 Å². The van der Waals surface area contributed by atoms with Crippen LogP contribution in [0, 0.1) is 17.5 Å². The fourth-order valence-corrected chi connectivity index (χ4v) is 4.17. The third-order valence-corrected chi connectivity index (χ3v) is 5.77. The second kappa shape index (κ2) is 6.01. The van der Waals surface area contributed by atoms with Crippen LogP contribution in [0.2, 0.25) is 0 Å². The molecule has 0 saturated carbocycles. The third kappa shape index (κ3) is 2.54. The fourth-order valence-electron chi connectivity index (χ4n) is 4.17. The predicted molar refractivity (Wildman–Crippen MR) is 101 cm³/mol. The Morgan fingerprint density at radius 3 is 2.43 bits per heavy atom. The minimum atomic E-state index is -0.989. The van der Waals surface area contributed by atoms with Crippen molar-refractivity contribution in [2.45, 2.75) is 45.1 Å². The summed E-state index contributed by atoms with van der Waals surface area (Å²) in [6.07, 6.45) is 0.629. The first kappa shape index (κ1) is 18.9. The summed E-state index contributed by atoms with van der Waals surface area (Å²) in [6.45, 7) is 8.25. The molecule has 6 heteroatoms. The molecule has 0 spiro atoms. The number of halogens is 3. The summed E-state index contributed by atoms with van der Waals surface area (Å²) >= 11 is 0. The lowest BCUT2D eigenvalue weighted by atomic mass is 9.77. The number of phenols is 1. The minimum Gasteiger partial charge on any atom is -0.507 e. The van der Waals surface area contributed by atoms with Crippen LogP contribution in [0.5, 0.6) is 5.75 Å². The molecule has 2 aromatic carbocycles. The van der Waals surface area contributed by atoms with Gasteiger partial charge in [-0.15, -0.1) is 0 Å². The largest absolute Gasteiger partial charge is 0.507 e. The van der Waals surface area contributed by atoms with Gasteiger partial charge >= 0.3 is 0 Å². The van der Waals surface area contributed by atoms with E-state index in [-0.39, 0.29) is 5.75 Å². The van der Waals surface area contributed by atoms with Gasteiger partial charge in [0.2, 0.25) is 0 Å². The predicted octanol–water partition coefficient (Wildman–Crippen LogP) is 5.69. The van der Waals surface area contributed by atoms with Gasteiger partial charge in [0.15, 0.2) is 11.6 Å². The van der Waals surface area contributed by atoms with Crippen LogP contribution in [0.25, 0.3) is 16.6 Å². The number of benzene rings is 2. The van der Waals surface area contributed by atoms with Crippen LogP contribution < -0.4 is 0 Å². The van der Waals surface area contributed by atoms with Crippen molar-refractivity contribution in [2.75, 3.05) is 6.61 Å². The molecule has 0 bridgehead atoms. The lowest BCUT2D eigenvalue weighted by Gasteiger charge is -2.42. The van der Waals surface area contributed by atoms with Crippen LogP contribution in [0.3, 0.4) is 0 Å². The number of rotatable bonds is 2. The van der Waals surface area contributed by atoms with Crippen molar-refractivity contribution in [3.05, 3.63) is 59.0 Å². The van der Waals surface area contributed by atoms with Gasteiger partial charge in [0.25, 0.3) is 0 Å². The molecule has 0 radical (unpaired) electrons. The van der Waals surface area contributed by atoms with Crippen LogP contribution in [0.15, 0.2) is 30.3 Å². The van der Waals surface area contributed by atoms with E-state index < -0.39 is 28.5 Å². The molecule has 3 nitrogen and oxygen atoms in total. The molecule has 3 aromatic rings. The van der Waals surface area contributed by atoms with Crippen molar-refractivity contribution in [3.63, 3.8) is 0 Å². The first-order valence-corrected chi connectivity index (χ1v) is 9.26. The maximum Gasteiger partial charge on any atom is 0.160 e. The maximum atomic E-state index is 14.2. The SMILES string of the molecule is CCC1(C)OCC(C)(C)c2c1c1c(O)cc(F)cc1n2-c1ccc(F)c(F)c1. The van der Waals surface area contributed by atoms with Gasteiger partial charge in [0.1, 0.15) is 11.6 Å². The van der Waals surface area contributed by atoms with E-state index in [1.165, 1.54) is 12.1 Å². The summed E-state index contributed by atoms with van der Waals surface area (Å²) in [5.74, 6) is -2.75. The summed E-state index contributed by atoms with van der Waals surface area (Å²) in [7, 11) is 0. The zero-order valence-corrected chi connectivity index (χ0v) is 16.2. The molecule has 4 rings (SSSR count). The van der Waals surface area contributed by atoms with Crippen molar-refractivity contribution in [1.29, 1.82) is 0 Å². The van der Waals surface area contributed by atoms with Gasteiger partial charge in [-0.25, -0.2) is 13.2 Å². The summed E-state index contributed by atoms with van der Waals surface area (Å²) in [6, 6.07) is 5.96. The average Bonchev–Trinajstić information content (AvgIpc) is 2.98. The lowest BCUT2D eigenvalue weighted by molar-refractivity contribution is -0.0742. The first-order valence-electron chi connectivity index (χ1n) is 9.26. The van der Waals surface area contributed by atoms with E-state index in [0.717, 1.165) is 29.5 Å². The van der Waals surface area contributed by atoms with E-state index in [2.05, 4.69) is 0 Å². The highest BCUT2D eigenvalue weighted by Gasteiger charge is 2.45. The van der Waals surface area contributed by atoms with Crippen molar-refractivity contribution < 1.29 is 23.0 Å². The molecule has 1 aliphatic heterocycles. The van der Waals surface area contributed by atoms with E-state index in [1.807, 2.05) is 27.7 Å². The Kier molecular flexibility index (Phi) is 4.05. The molecule has 28 heavy (non-hydrogen) atoms. The van der Waals surface area contributed by atoms with Gasteiger partial charge in [-0.1, -0.05) is 20.8 Å². The zero-order chi connectivity index (χ0) is 20.4. The highest BCUT2D eigenvalue weighted by molar-refractivity contribution is 5.94. The monoisotopic (exact) mass is 389 g/mol. The van der Waals surface area contributed by atoms with Gasteiger partial charge < -0.3 is 14.4 Å². The van der Waals surface area contributed by atoms with E-state index in [4.69, 9.17) is 4.74 Å². The van der Waals surface area contributed by atoms with E-state index >= 15 is 0 Å². The summed E-state index contributed by atoms with van der Waals surface area (Å²) < 4.78 is 49.7. The second-order valence-electron chi connectivity index (χ2n) is 8.23. The number of hydrogen-bond donors (Lipinski definition) is 1. The maximum absolute atomic E-state index is 14.2. The molecule has 1 atom stereocenters. The number of nitrogens with zero attached hydrogens (tertiary/aromatic N) is 1. The molecule has 148 valence electrons. The highest BCUT2D eigenvalue weighted by Crippen LogP contribution is 2.51. The molecule has 0 fully saturated rings. The van der Waals surface area contributed by atoms with Crippen molar-refractivity contribution >= 4 is 10.9 Å². The Morgan fingerprint density at radius 1 is 1.07 bits per heavy atom.